The number of carbonyl (C=O) groups excluding carboxylic acids is 2. The standard InChI is InChI=1S/C33H33FN4O5/c1-5-6-7-14-28(39)42-20-43-32-27(18-25-30(33(2,3)4)36-19-35-25)37-31(41)26(38-32)16-21-10-8-11-22(15-21)29(40)23-12-9-13-24(34)17-23/h5,8-13,15-19H,1,6-7,14,20H2,2-4H3,(H,35,36)(H,37,41)/b26-16-,27-18-. The highest BCUT2D eigenvalue weighted by atomic mass is 19.1. The van der Waals surface area contributed by atoms with Gasteiger partial charge in [-0.1, -0.05) is 57.2 Å². The van der Waals surface area contributed by atoms with Gasteiger partial charge in [0.15, 0.2) is 5.78 Å². The number of unbranched alkanes of at least 4 members (excludes halogenated alkanes) is 1. The quantitative estimate of drug-likeness (QED) is 0.0895. The summed E-state index contributed by atoms with van der Waals surface area (Å²) >= 11 is 0. The summed E-state index contributed by atoms with van der Waals surface area (Å²) in [7, 11) is 0. The van der Waals surface area contributed by atoms with Gasteiger partial charge in [0.2, 0.25) is 12.7 Å². The first kappa shape index (κ1) is 30.8. The molecule has 0 bridgehead atoms. The van der Waals surface area contributed by atoms with Crippen LogP contribution in [-0.4, -0.2) is 38.5 Å². The van der Waals surface area contributed by atoms with Crippen LogP contribution in [-0.2, 0) is 14.9 Å². The van der Waals surface area contributed by atoms with Crippen LogP contribution < -0.4 is 21.0 Å². The second kappa shape index (κ2) is 13.7. The zero-order chi connectivity index (χ0) is 31.0. The van der Waals surface area contributed by atoms with Crippen LogP contribution in [0.2, 0.25) is 0 Å². The lowest BCUT2D eigenvalue weighted by Crippen LogP contribution is -2.38. The number of H-pyrrole nitrogens is 2. The number of aromatic amines is 2. The van der Waals surface area contributed by atoms with Gasteiger partial charge in [-0.15, -0.1) is 6.58 Å². The Morgan fingerprint density at radius 1 is 1.07 bits per heavy atom. The maximum Gasteiger partial charge on any atom is 0.308 e. The van der Waals surface area contributed by atoms with Crippen LogP contribution in [0.15, 0.2) is 72.3 Å². The number of esters is 1. The molecule has 9 nitrogen and oxygen atoms in total. The molecule has 0 radical (unpaired) electrons. The minimum Gasteiger partial charge on any atom is -0.438 e. The van der Waals surface area contributed by atoms with E-state index in [1.165, 1.54) is 30.3 Å². The summed E-state index contributed by atoms with van der Waals surface area (Å²) in [5, 5.41) is 0.232. The van der Waals surface area contributed by atoms with Gasteiger partial charge in [-0.25, -0.2) is 14.4 Å². The molecule has 0 amide bonds. The van der Waals surface area contributed by atoms with Crippen LogP contribution in [0.25, 0.3) is 12.2 Å². The van der Waals surface area contributed by atoms with Gasteiger partial charge in [0.05, 0.1) is 12.0 Å². The molecule has 4 aromatic rings. The van der Waals surface area contributed by atoms with Gasteiger partial charge >= 0.3 is 5.97 Å². The first-order chi connectivity index (χ1) is 20.5. The Hall–Kier alpha value is -5.12. The van der Waals surface area contributed by atoms with Crippen molar-refractivity contribution in [3.63, 3.8) is 0 Å². The maximum atomic E-state index is 13.7. The summed E-state index contributed by atoms with van der Waals surface area (Å²) in [6.45, 7) is 9.28. The fraction of sp³-hybridized carbons (Fsp3) is 0.242. The number of allylic oxidation sites excluding steroid dienone is 1. The van der Waals surface area contributed by atoms with Crippen LogP contribution in [0.3, 0.4) is 0 Å². The monoisotopic (exact) mass is 584 g/mol. The predicted octanol–water partition coefficient (Wildman–Crippen LogP) is 4.05. The highest BCUT2D eigenvalue weighted by molar-refractivity contribution is 6.09. The molecule has 0 aliphatic rings. The first-order valence-electron chi connectivity index (χ1n) is 13.7. The van der Waals surface area contributed by atoms with Crippen molar-refractivity contribution < 1.29 is 23.5 Å². The van der Waals surface area contributed by atoms with E-state index in [2.05, 4.69) is 26.5 Å². The van der Waals surface area contributed by atoms with Gasteiger partial charge in [0, 0.05) is 28.7 Å². The topological polar surface area (TPSA) is 127 Å². The van der Waals surface area contributed by atoms with Crippen molar-refractivity contribution in [2.24, 2.45) is 0 Å². The molecule has 0 spiro atoms. The molecule has 0 saturated heterocycles. The largest absolute Gasteiger partial charge is 0.438 e. The number of rotatable bonds is 11. The summed E-state index contributed by atoms with van der Waals surface area (Å²) in [6.07, 6.45) is 7.91. The average Bonchev–Trinajstić information content (AvgIpc) is 3.44. The van der Waals surface area contributed by atoms with Crippen LogP contribution >= 0.6 is 0 Å². The second-order valence-electron chi connectivity index (χ2n) is 10.8. The lowest BCUT2D eigenvalue weighted by Gasteiger charge is -2.17. The van der Waals surface area contributed by atoms with Gasteiger partial charge in [-0.05, 0) is 48.8 Å². The van der Waals surface area contributed by atoms with E-state index in [0.29, 0.717) is 29.7 Å². The van der Waals surface area contributed by atoms with E-state index in [-0.39, 0.29) is 39.8 Å². The van der Waals surface area contributed by atoms with Crippen LogP contribution in [0.4, 0.5) is 4.39 Å². The van der Waals surface area contributed by atoms with Crippen molar-refractivity contribution in [1.29, 1.82) is 0 Å². The van der Waals surface area contributed by atoms with E-state index in [0.717, 1.165) is 5.69 Å². The molecule has 0 atom stereocenters. The number of nitrogens with zero attached hydrogens (tertiary/aromatic N) is 2. The number of benzene rings is 2. The van der Waals surface area contributed by atoms with Crippen molar-refractivity contribution in [1.82, 2.24) is 19.9 Å². The van der Waals surface area contributed by atoms with Crippen molar-refractivity contribution >= 4 is 23.9 Å². The molecule has 43 heavy (non-hydrogen) atoms. The SMILES string of the molecule is C=CCCCC(=O)OCOc1n/c(=C\c2cccc(C(=O)c3cccc(F)c3)c2)c(=O)[nH]/c1=C\c1nc[nH]c1C(C)(C)C. The fourth-order valence-electron chi connectivity index (χ4n) is 4.26. The van der Waals surface area contributed by atoms with Gasteiger partial charge < -0.3 is 19.4 Å². The van der Waals surface area contributed by atoms with Crippen LogP contribution in [0, 0.1) is 5.82 Å². The third-order valence-corrected chi connectivity index (χ3v) is 6.38. The minimum atomic E-state index is -0.519. The summed E-state index contributed by atoms with van der Waals surface area (Å²) in [5.74, 6) is -1.31. The maximum absolute atomic E-state index is 13.7. The molecule has 2 N–H and O–H groups in total. The molecule has 2 aromatic carbocycles. The fourth-order valence-corrected chi connectivity index (χ4v) is 4.26. The van der Waals surface area contributed by atoms with E-state index in [9.17, 15) is 18.8 Å². The zero-order valence-electron chi connectivity index (χ0n) is 24.3. The average molecular weight is 585 g/mol. The Labute approximate surface area is 247 Å². The van der Waals surface area contributed by atoms with E-state index in [1.54, 1.807) is 42.7 Å². The van der Waals surface area contributed by atoms with E-state index < -0.39 is 24.1 Å². The highest BCUT2D eigenvalue weighted by Crippen LogP contribution is 2.23. The summed E-state index contributed by atoms with van der Waals surface area (Å²) in [4.78, 5) is 52.9. The van der Waals surface area contributed by atoms with Gasteiger partial charge in [0.25, 0.3) is 5.56 Å². The first-order valence-corrected chi connectivity index (χ1v) is 13.7. The second-order valence-corrected chi connectivity index (χ2v) is 10.8. The summed E-state index contributed by atoms with van der Waals surface area (Å²) < 4.78 is 24.6. The zero-order valence-corrected chi connectivity index (χ0v) is 24.3. The number of aromatic nitrogens is 4. The third-order valence-electron chi connectivity index (χ3n) is 6.38. The molecule has 0 aliphatic carbocycles. The third kappa shape index (κ3) is 8.22. The van der Waals surface area contributed by atoms with E-state index in [4.69, 9.17) is 9.47 Å². The van der Waals surface area contributed by atoms with Crippen molar-refractivity contribution in [2.75, 3.05) is 6.79 Å². The lowest BCUT2D eigenvalue weighted by molar-refractivity contribution is -0.150. The highest BCUT2D eigenvalue weighted by Gasteiger charge is 2.19. The normalized spacial score (nSPS) is 12.3. The van der Waals surface area contributed by atoms with Crippen LogP contribution in [0.5, 0.6) is 5.88 Å². The number of halogens is 1. The van der Waals surface area contributed by atoms with Crippen molar-refractivity contribution in [3.8, 4) is 5.88 Å². The molecule has 2 aromatic heterocycles. The van der Waals surface area contributed by atoms with Crippen molar-refractivity contribution in [3.05, 3.63) is 122 Å². The molecule has 2 heterocycles. The Bertz CT molecular complexity index is 1820. The molecule has 0 unspecified atom stereocenters. The van der Waals surface area contributed by atoms with E-state index >= 15 is 0 Å². The number of ketones is 1. The number of ether oxygens (including phenoxy) is 2. The Balaban J connectivity index is 1.72. The van der Waals surface area contributed by atoms with Gasteiger partial charge in [-0.2, -0.15) is 0 Å². The molecular weight excluding hydrogens is 551 g/mol. The molecule has 0 saturated carbocycles. The summed E-state index contributed by atoms with van der Waals surface area (Å²) in [6, 6.07) is 12.0. The van der Waals surface area contributed by atoms with Crippen molar-refractivity contribution in [2.45, 2.75) is 45.4 Å². The molecule has 0 fully saturated rings. The molecule has 0 aliphatic heterocycles. The van der Waals surface area contributed by atoms with Gasteiger partial charge in [-0.3, -0.25) is 14.4 Å². The van der Waals surface area contributed by atoms with Crippen LogP contribution in [0.1, 0.15) is 72.9 Å². The summed E-state index contributed by atoms with van der Waals surface area (Å²) in [5.41, 5.74) is 1.66. The molecule has 4 rings (SSSR count). The minimum absolute atomic E-state index is 0.00196. The number of carbonyl (C=O) groups is 2. The Kier molecular flexibility index (Phi) is 9.82. The number of hydrogen-bond donors (Lipinski definition) is 2. The number of hydrogen-bond acceptors (Lipinski definition) is 7. The Morgan fingerprint density at radius 2 is 1.81 bits per heavy atom. The van der Waals surface area contributed by atoms with E-state index in [1.807, 2.05) is 20.8 Å². The number of imidazole rings is 1. The molecule has 10 heteroatoms. The Morgan fingerprint density at radius 3 is 2.53 bits per heavy atom. The smallest absolute Gasteiger partial charge is 0.308 e. The lowest BCUT2D eigenvalue weighted by atomic mass is 9.90. The van der Waals surface area contributed by atoms with Gasteiger partial charge in [0.1, 0.15) is 16.5 Å². The molecule has 222 valence electrons. The predicted molar refractivity (Wildman–Crippen MR) is 160 cm³/mol. The molecular formula is C33H33FN4O5. The number of nitrogens with one attached hydrogen (secondary N) is 2.